The van der Waals surface area contributed by atoms with Crippen molar-refractivity contribution < 1.29 is 9.22 Å². The Morgan fingerprint density at radius 1 is 1.11 bits per heavy atom. The van der Waals surface area contributed by atoms with Crippen LogP contribution in [0.5, 0.6) is 0 Å². The molecule has 0 aromatic rings. The lowest BCUT2D eigenvalue weighted by atomic mass is 10.4. The van der Waals surface area contributed by atoms with E-state index < -0.39 is 21.6 Å². The van der Waals surface area contributed by atoms with Crippen molar-refractivity contribution in [3.63, 3.8) is 0 Å². The monoisotopic (exact) mass is 285 g/mol. The lowest BCUT2D eigenvalue weighted by Crippen LogP contribution is -2.55. The smallest absolute Gasteiger partial charge is 0.298 e. The van der Waals surface area contributed by atoms with E-state index >= 15 is 0 Å². The van der Waals surface area contributed by atoms with Gasteiger partial charge < -0.3 is 9.33 Å². The van der Waals surface area contributed by atoms with Crippen LogP contribution in [-0.2, 0) is 9.22 Å². The Bertz CT molecular complexity index is 369. The number of carbonyl (C=O) groups is 1. The van der Waals surface area contributed by atoms with E-state index in [4.69, 9.17) is 4.43 Å². The van der Waals surface area contributed by atoms with Crippen molar-refractivity contribution in [3.05, 3.63) is 0 Å². The van der Waals surface area contributed by atoms with Crippen molar-refractivity contribution in [2.45, 2.75) is 51.4 Å². The molecule has 0 aliphatic rings. The first-order valence-corrected chi connectivity index (χ1v) is 13.1. The van der Waals surface area contributed by atoms with Crippen molar-refractivity contribution in [1.82, 2.24) is 4.90 Å². The fraction of sp³-hybridized carbons (Fsp3) is 0.769. The maximum absolute atomic E-state index is 11.6. The Hall–Kier alpha value is -0.576. The third-order valence-electron chi connectivity index (χ3n) is 2.76. The van der Waals surface area contributed by atoms with Crippen LogP contribution in [-0.4, -0.2) is 46.5 Å². The van der Waals surface area contributed by atoms with Crippen LogP contribution in [0, 0.1) is 11.8 Å². The lowest BCUT2D eigenvalue weighted by molar-refractivity contribution is -0.122. The maximum Gasteiger partial charge on any atom is 0.298 e. The van der Waals surface area contributed by atoms with Gasteiger partial charge in [0.05, 0.1) is 8.07 Å². The van der Waals surface area contributed by atoms with Crippen LogP contribution < -0.4 is 0 Å². The summed E-state index contributed by atoms with van der Waals surface area (Å²) in [6.45, 7) is 15.2. The SMILES string of the molecule is CN(C)C(=O)C#CC(C)(O[Si](C)(C)C)[Si](C)(C)C. The van der Waals surface area contributed by atoms with Crippen LogP contribution in [0.2, 0.25) is 39.3 Å². The summed E-state index contributed by atoms with van der Waals surface area (Å²) in [6, 6.07) is 0. The molecule has 0 heterocycles. The van der Waals surface area contributed by atoms with Gasteiger partial charge in [-0.3, -0.25) is 4.79 Å². The minimum absolute atomic E-state index is 0.168. The lowest BCUT2D eigenvalue weighted by Gasteiger charge is -2.40. The number of hydrogen-bond donors (Lipinski definition) is 0. The summed E-state index contributed by atoms with van der Waals surface area (Å²) in [5, 5.41) is -0.469. The second kappa shape index (κ2) is 5.60. The molecule has 0 aromatic heterocycles. The standard InChI is InChI=1S/C13H27NO2Si2/c1-13(17(4,5)6,16-18(7,8)9)11-10-12(15)14(2)3/h1-9H3. The zero-order chi connectivity index (χ0) is 14.8. The van der Waals surface area contributed by atoms with Crippen molar-refractivity contribution in [2.75, 3.05) is 14.1 Å². The van der Waals surface area contributed by atoms with E-state index in [0.717, 1.165) is 0 Å². The molecular formula is C13H27NO2Si2. The first kappa shape index (κ1) is 17.4. The van der Waals surface area contributed by atoms with Gasteiger partial charge in [-0.25, -0.2) is 0 Å². The second-order valence-corrected chi connectivity index (χ2v) is 16.8. The molecule has 0 saturated heterocycles. The van der Waals surface area contributed by atoms with E-state index in [1.54, 1.807) is 14.1 Å². The van der Waals surface area contributed by atoms with Gasteiger partial charge >= 0.3 is 0 Å². The molecule has 1 atom stereocenters. The molecule has 1 amide bonds. The molecule has 0 aliphatic carbocycles. The van der Waals surface area contributed by atoms with E-state index in [1.165, 1.54) is 4.90 Å². The summed E-state index contributed by atoms with van der Waals surface area (Å²) in [4.78, 5) is 13.1. The number of rotatable bonds is 3. The van der Waals surface area contributed by atoms with Gasteiger partial charge in [0, 0.05) is 14.1 Å². The molecule has 104 valence electrons. The van der Waals surface area contributed by atoms with Gasteiger partial charge in [0.15, 0.2) is 8.32 Å². The first-order chi connectivity index (χ1) is 7.78. The fourth-order valence-electron chi connectivity index (χ4n) is 1.26. The third-order valence-corrected chi connectivity index (χ3v) is 7.07. The van der Waals surface area contributed by atoms with Crippen LogP contribution in [0.25, 0.3) is 0 Å². The molecule has 0 rings (SSSR count). The Labute approximate surface area is 114 Å². The fourth-order valence-corrected chi connectivity index (χ4v) is 5.12. The molecule has 5 heteroatoms. The van der Waals surface area contributed by atoms with Crippen LogP contribution in [0.3, 0.4) is 0 Å². The number of nitrogens with zero attached hydrogens (tertiary/aromatic N) is 1. The minimum Gasteiger partial charge on any atom is -0.405 e. The molecule has 1 unspecified atom stereocenters. The predicted molar refractivity (Wildman–Crippen MR) is 82.7 cm³/mol. The summed E-state index contributed by atoms with van der Waals surface area (Å²) in [5.74, 6) is 5.66. The van der Waals surface area contributed by atoms with E-state index in [2.05, 4.69) is 51.1 Å². The minimum atomic E-state index is -1.69. The molecule has 0 fully saturated rings. The normalized spacial score (nSPS) is 15.4. The van der Waals surface area contributed by atoms with Crippen molar-refractivity contribution in [3.8, 4) is 11.8 Å². The molecule has 0 aromatic carbocycles. The van der Waals surface area contributed by atoms with Gasteiger partial charge in [-0.15, -0.1) is 0 Å². The Balaban J connectivity index is 5.33. The third kappa shape index (κ3) is 5.38. The maximum atomic E-state index is 11.6. The Morgan fingerprint density at radius 2 is 1.56 bits per heavy atom. The molecule has 0 saturated carbocycles. The van der Waals surface area contributed by atoms with E-state index in [1.807, 2.05) is 6.92 Å². The average molecular weight is 286 g/mol. The summed E-state index contributed by atoms with van der Waals surface area (Å²) in [6.07, 6.45) is 0. The summed E-state index contributed by atoms with van der Waals surface area (Å²) in [7, 11) is 0.0727. The molecule has 0 bridgehead atoms. The molecule has 0 spiro atoms. The van der Waals surface area contributed by atoms with Gasteiger partial charge in [0.2, 0.25) is 0 Å². The number of carbonyl (C=O) groups excluding carboxylic acids is 1. The van der Waals surface area contributed by atoms with Crippen molar-refractivity contribution in [2.24, 2.45) is 0 Å². The van der Waals surface area contributed by atoms with Crippen LogP contribution in [0.15, 0.2) is 0 Å². The van der Waals surface area contributed by atoms with E-state index in [-0.39, 0.29) is 5.91 Å². The quantitative estimate of drug-likeness (QED) is 0.589. The first-order valence-electron chi connectivity index (χ1n) is 6.23. The molecule has 3 nitrogen and oxygen atoms in total. The molecule has 0 N–H and O–H groups in total. The topological polar surface area (TPSA) is 29.5 Å². The van der Waals surface area contributed by atoms with Gasteiger partial charge in [-0.2, -0.15) is 0 Å². The van der Waals surface area contributed by atoms with Gasteiger partial charge in [0.1, 0.15) is 5.22 Å². The van der Waals surface area contributed by atoms with Crippen LogP contribution in [0.4, 0.5) is 0 Å². The predicted octanol–water partition coefficient (Wildman–Crippen LogP) is 2.57. The highest BCUT2D eigenvalue weighted by atomic mass is 28.4. The van der Waals surface area contributed by atoms with Gasteiger partial charge in [0.25, 0.3) is 5.91 Å². The summed E-state index contributed by atoms with van der Waals surface area (Å²) < 4.78 is 6.28. The van der Waals surface area contributed by atoms with E-state index in [9.17, 15) is 4.79 Å². The highest BCUT2D eigenvalue weighted by molar-refractivity contribution is 6.81. The number of amides is 1. The van der Waals surface area contributed by atoms with Crippen LogP contribution >= 0.6 is 0 Å². The highest BCUT2D eigenvalue weighted by Gasteiger charge is 2.42. The number of hydrogen-bond acceptors (Lipinski definition) is 2. The molecule has 0 radical (unpaired) electrons. The molecule has 0 aliphatic heterocycles. The van der Waals surface area contributed by atoms with E-state index in [0.29, 0.717) is 0 Å². The summed E-state index contributed by atoms with van der Waals surface area (Å²) >= 11 is 0. The summed E-state index contributed by atoms with van der Waals surface area (Å²) in [5.41, 5.74) is 0. The largest absolute Gasteiger partial charge is 0.405 e. The van der Waals surface area contributed by atoms with Crippen molar-refractivity contribution in [1.29, 1.82) is 0 Å². The Kier molecular flexibility index (Phi) is 5.42. The van der Waals surface area contributed by atoms with Gasteiger partial charge in [-0.05, 0) is 32.5 Å². The molecule has 18 heavy (non-hydrogen) atoms. The zero-order valence-electron chi connectivity index (χ0n) is 13.3. The Morgan fingerprint density at radius 3 is 1.83 bits per heavy atom. The average Bonchev–Trinajstić information content (AvgIpc) is 2.09. The van der Waals surface area contributed by atoms with Crippen molar-refractivity contribution >= 4 is 22.3 Å². The molecular weight excluding hydrogens is 258 g/mol. The van der Waals surface area contributed by atoms with Crippen LogP contribution in [0.1, 0.15) is 6.92 Å². The second-order valence-electron chi connectivity index (χ2n) is 6.95. The zero-order valence-corrected chi connectivity index (χ0v) is 15.3. The highest BCUT2D eigenvalue weighted by Crippen LogP contribution is 2.27. The van der Waals surface area contributed by atoms with Gasteiger partial charge in [-0.1, -0.05) is 25.6 Å².